The molecule has 5 rings (SSSR count). The summed E-state index contributed by atoms with van der Waals surface area (Å²) >= 11 is 0. The molecule has 0 bridgehead atoms. The molecule has 2 aliphatic rings. The molecule has 0 amide bonds. The van der Waals surface area contributed by atoms with Crippen LogP contribution in [0.1, 0.15) is 48.1 Å². The number of rotatable bonds is 4. The summed E-state index contributed by atoms with van der Waals surface area (Å²) < 4.78 is 6.82. The predicted molar refractivity (Wildman–Crippen MR) is 121 cm³/mol. The van der Waals surface area contributed by atoms with Gasteiger partial charge in [0.25, 0.3) is 5.56 Å². The molecule has 3 aromatic rings. The molecule has 0 aliphatic carbocycles. The summed E-state index contributed by atoms with van der Waals surface area (Å²) in [5.74, 6) is -0.707. The molecule has 2 aromatic heterocycles. The first-order valence-corrected chi connectivity index (χ1v) is 11.0. The van der Waals surface area contributed by atoms with Gasteiger partial charge in [-0.05, 0) is 56.3 Å². The SMILES string of the molecule is CCc1ccc2nc3c(cc2c1CN(C)C)Cn1c-3cc2c(c1=O)COC(=O)C2(O)CC. The molecule has 32 heavy (non-hydrogen) atoms. The van der Waals surface area contributed by atoms with Gasteiger partial charge in [0.2, 0.25) is 0 Å². The van der Waals surface area contributed by atoms with Crippen molar-refractivity contribution in [3.8, 4) is 11.4 Å². The molecule has 1 atom stereocenters. The van der Waals surface area contributed by atoms with E-state index in [0.29, 0.717) is 23.4 Å². The Morgan fingerprint density at radius 2 is 2.00 bits per heavy atom. The van der Waals surface area contributed by atoms with Crippen molar-refractivity contribution in [3.05, 3.63) is 62.4 Å². The fourth-order valence-electron chi connectivity index (χ4n) is 4.99. The van der Waals surface area contributed by atoms with Crippen molar-refractivity contribution in [2.75, 3.05) is 14.1 Å². The van der Waals surface area contributed by atoms with Gasteiger partial charge in [-0.1, -0.05) is 19.9 Å². The molecule has 7 nitrogen and oxygen atoms in total. The molecule has 0 radical (unpaired) electrons. The zero-order valence-corrected chi connectivity index (χ0v) is 18.9. The van der Waals surface area contributed by atoms with Crippen LogP contribution >= 0.6 is 0 Å². The molecular formula is C25H27N3O4. The molecule has 0 saturated carbocycles. The maximum atomic E-state index is 13.3. The number of carbonyl (C=O) groups excluding carboxylic acids is 1. The van der Waals surface area contributed by atoms with E-state index in [2.05, 4.69) is 38.1 Å². The zero-order chi connectivity index (χ0) is 22.8. The number of aliphatic hydroxyl groups is 1. The number of ether oxygens (including phenoxy) is 1. The Kier molecular flexibility index (Phi) is 4.72. The van der Waals surface area contributed by atoms with Gasteiger partial charge in [-0.15, -0.1) is 0 Å². The van der Waals surface area contributed by atoms with E-state index in [-0.39, 0.29) is 18.6 Å². The number of fused-ring (bicyclic) bond motifs is 5. The van der Waals surface area contributed by atoms with Gasteiger partial charge in [-0.3, -0.25) is 4.79 Å². The minimum absolute atomic E-state index is 0.117. The first kappa shape index (κ1) is 20.8. The zero-order valence-electron chi connectivity index (χ0n) is 18.9. The number of cyclic esters (lactones) is 1. The number of carbonyl (C=O) groups is 1. The number of esters is 1. The third kappa shape index (κ3) is 2.84. The highest BCUT2D eigenvalue weighted by atomic mass is 16.6. The van der Waals surface area contributed by atoms with Crippen LogP contribution in [0.2, 0.25) is 0 Å². The second-order valence-corrected chi connectivity index (χ2v) is 8.96. The summed E-state index contributed by atoms with van der Waals surface area (Å²) in [5, 5.41) is 12.1. The molecule has 7 heteroatoms. The fraction of sp³-hybridized carbons (Fsp3) is 0.400. The van der Waals surface area contributed by atoms with Gasteiger partial charge >= 0.3 is 5.97 Å². The van der Waals surface area contributed by atoms with Crippen LogP contribution in [0.15, 0.2) is 29.1 Å². The van der Waals surface area contributed by atoms with Crippen molar-refractivity contribution >= 4 is 16.9 Å². The van der Waals surface area contributed by atoms with Crippen LogP contribution in [0, 0.1) is 0 Å². The van der Waals surface area contributed by atoms with Gasteiger partial charge in [-0.2, -0.15) is 0 Å². The van der Waals surface area contributed by atoms with Crippen molar-refractivity contribution in [1.29, 1.82) is 0 Å². The Balaban J connectivity index is 1.74. The average molecular weight is 434 g/mol. The number of hydrogen-bond donors (Lipinski definition) is 1. The quantitative estimate of drug-likeness (QED) is 0.498. The van der Waals surface area contributed by atoms with Gasteiger partial charge in [0.1, 0.15) is 6.61 Å². The van der Waals surface area contributed by atoms with Crippen LogP contribution in [0.5, 0.6) is 0 Å². The van der Waals surface area contributed by atoms with Crippen molar-refractivity contribution in [2.24, 2.45) is 0 Å². The molecule has 0 fully saturated rings. The average Bonchev–Trinajstić information content (AvgIpc) is 3.13. The van der Waals surface area contributed by atoms with Crippen molar-refractivity contribution in [3.63, 3.8) is 0 Å². The summed E-state index contributed by atoms with van der Waals surface area (Å²) in [5.41, 5.74) is 4.41. The van der Waals surface area contributed by atoms with Crippen molar-refractivity contribution in [2.45, 2.75) is 52.0 Å². The lowest BCUT2D eigenvalue weighted by Crippen LogP contribution is -2.44. The Morgan fingerprint density at radius 1 is 1.22 bits per heavy atom. The van der Waals surface area contributed by atoms with Crippen LogP contribution in [0.3, 0.4) is 0 Å². The van der Waals surface area contributed by atoms with Gasteiger partial charge in [0, 0.05) is 23.1 Å². The monoisotopic (exact) mass is 433 g/mol. The van der Waals surface area contributed by atoms with Gasteiger partial charge < -0.3 is 19.3 Å². The van der Waals surface area contributed by atoms with E-state index >= 15 is 0 Å². The summed E-state index contributed by atoms with van der Waals surface area (Å²) in [4.78, 5) is 32.7. The van der Waals surface area contributed by atoms with Gasteiger partial charge in [-0.25, -0.2) is 9.78 Å². The van der Waals surface area contributed by atoms with Gasteiger partial charge in [0.15, 0.2) is 5.60 Å². The molecular weight excluding hydrogens is 406 g/mol. The van der Waals surface area contributed by atoms with E-state index in [4.69, 9.17) is 9.72 Å². The van der Waals surface area contributed by atoms with E-state index < -0.39 is 11.6 Å². The summed E-state index contributed by atoms with van der Waals surface area (Å²) in [6, 6.07) is 8.06. The first-order valence-electron chi connectivity index (χ1n) is 11.0. The lowest BCUT2D eigenvalue weighted by atomic mass is 9.86. The predicted octanol–water partition coefficient (Wildman–Crippen LogP) is 2.70. The Labute approximate surface area is 186 Å². The Morgan fingerprint density at radius 3 is 2.69 bits per heavy atom. The number of hydrogen-bond acceptors (Lipinski definition) is 6. The highest BCUT2D eigenvalue weighted by Gasteiger charge is 2.45. The van der Waals surface area contributed by atoms with Crippen molar-refractivity contribution < 1.29 is 14.6 Å². The number of aryl methyl sites for hydroxylation is 1. The highest BCUT2D eigenvalue weighted by molar-refractivity contribution is 5.88. The summed E-state index contributed by atoms with van der Waals surface area (Å²) in [6.07, 6.45) is 1.07. The van der Waals surface area contributed by atoms with E-state index in [0.717, 1.165) is 35.1 Å². The number of benzene rings is 1. The van der Waals surface area contributed by atoms with Crippen LogP contribution in [0.4, 0.5) is 0 Å². The molecule has 1 unspecified atom stereocenters. The van der Waals surface area contributed by atoms with E-state index in [1.54, 1.807) is 17.6 Å². The first-order chi connectivity index (χ1) is 15.3. The van der Waals surface area contributed by atoms with Crippen LogP contribution in [-0.4, -0.2) is 39.6 Å². The second-order valence-electron chi connectivity index (χ2n) is 8.96. The summed E-state index contributed by atoms with van der Waals surface area (Å²) in [6.45, 7) is 4.97. The third-order valence-electron chi connectivity index (χ3n) is 6.76. The Bertz CT molecular complexity index is 1340. The van der Waals surface area contributed by atoms with Gasteiger partial charge in [0.05, 0.1) is 29.0 Å². The standard InChI is InChI=1S/C25H27N3O4/c1-5-14-7-8-20-16(17(14)12-27(3)4)9-15-11-28-21(22(15)26-20)10-19-18(23(28)29)13-32-24(30)25(19,31)6-2/h7-10,31H,5-6,11-13H2,1-4H3. The smallest absolute Gasteiger partial charge is 0.343 e. The number of aromatic nitrogens is 2. The summed E-state index contributed by atoms with van der Waals surface area (Å²) in [7, 11) is 4.11. The largest absolute Gasteiger partial charge is 0.458 e. The van der Waals surface area contributed by atoms with E-state index in [9.17, 15) is 14.7 Å². The minimum Gasteiger partial charge on any atom is -0.458 e. The second kappa shape index (κ2) is 7.25. The Hall–Kier alpha value is -3.03. The molecule has 0 saturated heterocycles. The lowest BCUT2D eigenvalue weighted by Gasteiger charge is -2.31. The van der Waals surface area contributed by atoms with Crippen LogP contribution in [-0.2, 0) is 41.2 Å². The molecule has 0 spiro atoms. The van der Waals surface area contributed by atoms with Crippen LogP contribution in [0.25, 0.3) is 22.3 Å². The lowest BCUT2D eigenvalue weighted by molar-refractivity contribution is -0.172. The fourth-order valence-corrected chi connectivity index (χ4v) is 4.99. The van der Waals surface area contributed by atoms with E-state index in [1.807, 2.05) is 6.07 Å². The molecule has 2 aliphatic heterocycles. The number of pyridine rings is 2. The third-order valence-corrected chi connectivity index (χ3v) is 6.76. The van der Waals surface area contributed by atoms with Crippen LogP contribution < -0.4 is 5.56 Å². The highest BCUT2D eigenvalue weighted by Crippen LogP contribution is 2.39. The number of nitrogens with zero attached hydrogens (tertiary/aromatic N) is 3. The molecule has 1 N–H and O–H groups in total. The van der Waals surface area contributed by atoms with Crippen molar-refractivity contribution in [1.82, 2.24) is 14.5 Å². The minimum atomic E-state index is -1.81. The van der Waals surface area contributed by atoms with E-state index in [1.165, 1.54) is 11.1 Å². The maximum Gasteiger partial charge on any atom is 0.343 e. The maximum absolute atomic E-state index is 13.3. The topological polar surface area (TPSA) is 84.7 Å². The molecule has 1 aromatic carbocycles. The molecule has 166 valence electrons. The normalized spacial score (nSPS) is 19.1. The molecule has 4 heterocycles.